The molecule has 1 saturated carbocycles. The Morgan fingerprint density at radius 2 is 2.28 bits per heavy atom. The van der Waals surface area contributed by atoms with Crippen molar-refractivity contribution in [1.82, 2.24) is 24.1 Å². The third-order valence-electron chi connectivity index (χ3n) is 4.34. The van der Waals surface area contributed by atoms with Crippen LogP contribution in [0.5, 0.6) is 0 Å². The summed E-state index contributed by atoms with van der Waals surface area (Å²) < 4.78 is 5.83. The molecule has 0 bridgehead atoms. The first kappa shape index (κ1) is 16.0. The lowest BCUT2D eigenvalue weighted by molar-refractivity contribution is 0.174. The van der Waals surface area contributed by atoms with Gasteiger partial charge >= 0.3 is 0 Å². The highest BCUT2D eigenvalue weighted by Gasteiger charge is 2.37. The van der Waals surface area contributed by atoms with Gasteiger partial charge in [0.2, 0.25) is 5.95 Å². The van der Waals surface area contributed by atoms with E-state index in [1.54, 1.807) is 23.3 Å². The monoisotopic (exact) mass is 371 g/mol. The van der Waals surface area contributed by atoms with Gasteiger partial charge in [-0.1, -0.05) is 18.0 Å². The molecule has 0 saturated heterocycles. The summed E-state index contributed by atoms with van der Waals surface area (Å²) in [6, 6.07) is 4.28. The molecule has 25 heavy (non-hydrogen) atoms. The van der Waals surface area contributed by atoms with Crippen molar-refractivity contribution in [2.75, 3.05) is 5.32 Å². The van der Waals surface area contributed by atoms with E-state index in [9.17, 15) is 5.26 Å². The molecule has 3 aromatic rings. The maximum Gasteiger partial charge on any atom is 0.228 e. The third kappa shape index (κ3) is 3.21. The molecular formula is C16H14ClN7S. The van der Waals surface area contributed by atoms with Crippen molar-refractivity contribution >= 4 is 34.1 Å². The van der Waals surface area contributed by atoms with Crippen LogP contribution in [-0.4, -0.2) is 24.1 Å². The fourth-order valence-corrected chi connectivity index (χ4v) is 3.51. The normalized spacial score (nSPS) is 15.4. The zero-order valence-electron chi connectivity index (χ0n) is 13.2. The number of nitrogens with one attached hydrogen (secondary N) is 1. The average Bonchev–Trinajstić information content (AvgIpc) is 3.24. The number of hydrogen-bond acceptors (Lipinski definition) is 7. The number of anilines is 2. The second-order valence-corrected chi connectivity index (χ2v) is 7.30. The number of rotatable bonds is 5. The maximum atomic E-state index is 9.38. The summed E-state index contributed by atoms with van der Waals surface area (Å²) in [7, 11) is 0. The summed E-state index contributed by atoms with van der Waals surface area (Å²) in [6.45, 7) is 0.595. The Balaban J connectivity index is 1.58. The fraction of sp³-hybridized carbons (Fsp3) is 0.312. The smallest absolute Gasteiger partial charge is 0.228 e. The van der Waals surface area contributed by atoms with Gasteiger partial charge in [0.05, 0.1) is 41.1 Å². The predicted molar refractivity (Wildman–Crippen MR) is 95.6 cm³/mol. The van der Waals surface area contributed by atoms with E-state index in [1.165, 1.54) is 11.5 Å². The summed E-state index contributed by atoms with van der Waals surface area (Å²) in [5.74, 6) is 0.448. The Hall–Kier alpha value is -2.50. The molecule has 0 spiro atoms. The van der Waals surface area contributed by atoms with Gasteiger partial charge in [0.25, 0.3) is 0 Å². The Labute approximate surface area is 153 Å². The highest BCUT2D eigenvalue weighted by molar-refractivity contribution is 7.10. The molecule has 1 fully saturated rings. The molecule has 0 radical (unpaired) electrons. The van der Waals surface area contributed by atoms with Crippen molar-refractivity contribution in [2.24, 2.45) is 5.41 Å². The largest absolute Gasteiger partial charge is 0.314 e. The topological polar surface area (TPSA) is 92.3 Å². The summed E-state index contributed by atoms with van der Waals surface area (Å²) >= 11 is 7.59. The van der Waals surface area contributed by atoms with Crippen LogP contribution in [0.15, 0.2) is 30.9 Å². The predicted octanol–water partition coefficient (Wildman–Crippen LogP) is 3.89. The molecule has 0 unspecified atom stereocenters. The van der Waals surface area contributed by atoms with Gasteiger partial charge in [-0.05, 0) is 30.4 Å². The molecule has 1 aliphatic carbocycles. The minimum atomic E-state index is -0.280. The van der Waals surface area contributed by atoms with Crippen LogP contribution < -0.4 is 5.32 Å². The molecule has 1 aliphatic rings. The first-order chi connectivity index (χ1) is 12.2. The van der Waals surface area contributed by atoms with Crippen molar-refractivity contribution < 1.29 is 0 Å². The molecular weight excluding hydrogens is 358 g/mol. The molecule has 0 aromatic carbocycles. The highest BCUT2D eigenvalue weighted by Crippen LogP contribution is 2.41. The van der Waals surface area contributed by atoms with Gasteiger partial charge in [-0.15, -0.1) is 0 Å². The quantitative estimate of drug-likeness (QED) is 0.731. The standard InChI is InChI=1S/C16H14ClN7S/c17-12-7-19-15(22-13-2-5-21-25-13)23-14(12)11-6-20-24(8-11)10-16(9-18)3-1-4-16/h2,5-8H,1,3-4,10H2,(H,19,22,23). The lowest BCUT2D eigenvalue weighted by Crippen LogP contribution is -2.32. The van der Waals surface area contributed by atoms with Gasteiger partial charge in [-0.2, -0.15) is 14.7 Å². The van der Waals surface area contributed by atoms with Gasteiger partial charge < -0.3 is 5.32 Å². The highest BCUT2D eigenvalue weighted by atomic mass is 35.5. The fourth-order valence-electron chi connectivity index (χ4n) is 2.81. The van der Waals surface area contributed by atoms with Gasteiger partial charge in [0, 0.05) is 18.0 Å². The van der Waals surface area contributed by atoms with Crippen LogP contribution in [0.4, 0.5) is 10.9 Å². The second kappa shape index (κ2) is 6.43. The van der Waals surface area contributed by atoms with Crippen LogP contribution in [0.2, 0.25) is 5.02 Å². The third-order valence-corrected chi connectivity index (χ3v) is 5.27. The van der Waals surface area contributed by atoms with Crippen molar-refractivity contribution in [1.29, 1.82) is 5.26 Å². The molecule has 7 nitrogen and oxygen atoms in total. The van der Waals surface area contributed by atoms with E-state index in [1.807, 2.05) is 12.3 Å². The first-order valence-corrected chi connectivity index (χ1v) is 8.97. The van der Waals surface area contributed by atoms with E-state index in [4.69, 9.17) is 11.6 Å². The van der Waals surface area contributed by atoms with Gasteiger partial charge in [-0.25, -0.2) is 9.97 Å². The summed E-state index contributed by atoms with van der Waals surface area (Å²) in [5.41, 5.74) is 1.12. The molecule has 1 N–H and O–H groups in total. The Morgan fingerprint density at radius 1 is 1.40 bits per heavy atom. The van der Waals surface area contributed by atoms with E-state index in [0.29, 0.717) is 23.2 Å². The minimum absolute atomic E-state index is 0.280. The van der Waals surface area contributed by atoms with Crippen molar-refractivity contribution in [3.8, 4) is 17.3 Å². The van der Waals surface area contributed by atoms with Gasteiger partial charge in [-0.3, -0.25) is 4.68 Å². The van der Waals surface area contributed by atoms with E-state index in [-0.39, 0.29) is 5.41 Å². The van der Waals surface area contributed by atoms with E-state index >= 15 is 0 Å². The van der Waals surface area contributed by atoms with Crippen LogP contribution >= 0.6 is 23.1 Å². The molecule has 0 amide bonds. The first-order valence-electron chi connectivity index (χ1n) is 7.82. The Morgan fingerprint density at radius 3 is 2.96 bits per heavy atom. The van der Waals surface area contributed by atoms with Crippen LogP contribution in [0, 0.1) is 16.7 Å². The number of halogens is 1. The Kier molecular flexibility index (Phi) is 4.11. The van der Waals surface area contributed by atoms with Crippen molar-refractivity contribution in [2.45, 2.75) is 25.8 Å². The summed E-state index contributed by atoms with van der Waals surface area (Å²) in [4.78, 5) is 8.68. The molecule has 3 heterocycles. The molecule has 4 rings (SSSR count). The lowest BCUT2D eigenvalue weighted by Gasteiger charge is -2.34. The van der Waals surface area contributed by atoms with Crippen molar-refractivity contribution in [3.63, 3.8) is 0 Å². The number of nitriles is 1. The van der Waals surface area contributed by atoms with Crippen LogP contribution in [0.25, 0.3) is 11.3 Å². The van der Waals surface area contributed by atoms with E-state index in [2.05, 4.69) is 30.8 Å². The molecule has 0 aliphatic heterocycles. The molecule has 9 heteroatoms. The van der Waals surface area contributed by atoms with E-state index < -0.39 is 0 Å². The minimum Gasteiger partial charge on any atom is -0.314 e. The van der Waals surface area contributed by atoms with Crippen LogP contribution in [-0.2, 0) is 6.54 Å². The molecule has 0 atom stereocenters. The summed E-state index contributed by atoms with van der Waals surface area (Å²) in [5, 5.41) is 18.2. The van der Waals surface area contributed by atoms with Crippen molar-refractivity contribution in [3.05, 3.63) is 35.9 Å². The van der Waals surface area contributed by atoms with Crippen LogP contribution in [0.1, 0.15) is 19.3 Å². The van der Waals surface area contributed by atoms with Crippen LogP contribution in [0.3, 0.4) is 0 Å². The summed E-state index contributed by atoms with van der Waals surface area (Å²) in [6.07, 6.45) is 9.82. The average molecular weight is 372 g/mol. The molecule has 3 aromatic heterocycles. The number of hydrogen-bond donors (Lipinski definition) is 1. The number of aromatic nitrogens is 5. The van der Waals surface area contributed by atoms with Gasteiger partial charge in [0.15, 0.2) is 0 Å². The second-order valence-electron chi connectivity index (χ2n) is 6.06. The zero-order chi connectivity index (χ0) is 17.3. The molecule has 126 valence electrons. The van der Waals surface area contributed by atoms with E-state index in [0.717, 1.165) is 29.8 Å². The lowest BCUT2D eigenvalue weighted by atomic mass is 9.70. The zero-order valence-corrected chi connectivity index (χ0v) is 14.8. The van der Waals surface area contributed by atoms with Gasteiger partial charge in [0.1, 0.15) is 5.00 Å². The maximum absolute atomic E-state index is 9.38. The SMILES string of the molecule is N#CC1(Cn2cc(-c3nc(Nc4ccns4)ncc3Cl)cn2)CCC1. The Bertz CT molecular complexity index is 924. The number of nitrogens with zero attached hydrogens (tertiary/aromatic N) is 6.